The summed E-state index contributed by atoms with van der Waals surface area (Å²) in [5.74, 6) is 3.26. The first-order valence-corrected chi connectivity index (χ1v) is 10.0. The van der Waals surface area contributed by atoms with Crippen molar-refractivity contribution in [2.75, 3.05) is 0 Å². The van der Waals surface area contributed by atoms with Crippen molar-refractivity contribution in [1.29, 1.82) is 0 Å². The maximum absolute atomic E-state index is 12.5. The predicted octanol–water partition coefficient (Wildman–Crippen LogP) is 4.53. The lowest BCUT2D eigenvalue weighted by Crippen LogP contribution is -2.54. The molecule has 0 heterocycles. The lowest BCUT2D eigenvalue weighted by Gasteiger charge is -2.60. The minimum Gasteiger partial charge on any atom is -0.463 e. The van der Waals surface area contributed by atoms with Crippen LogP contribution >= 0.6 is 0 Å². The maximum atomic E-state index is 12.5. The number of rotatable bonds is 1. The summed E-state index contributed by atoms with van der Waals surface area (Å²) in [6.07, 6.45) is 10.2. The molecule has 0 unspecified atom stereocenters. The second kappa shape index (κ2) is 5.57. The van der Waals surface area contributed by atoms with E-state index in [0.717, 1.165) is 43.9 Å². The molecule has 0 amide bonds. The van der Waals surface area contributed by atoms with E-state index in [1.807, 2.05) is 0 Å². The summed E-state index contributed by atoms with van der Waals surface area (Å²) in [6, 6.07) is 0. The molecule has 0 bridgehead atoms. The molecule has 4 aliphatic carbocycles. The normalized spacial score (nSPS) is 50.6. The summed E-state index contributed by atoms with van der Waals surface area (Å²) < 4.78 is 5.54. The fourth-order valence-electron chi connectivity index (χ4n) is 7.33. The zero-order chi connectivity index (χ0) is 17.1. The van der Waals surface area contributed by atoms with Crippen LogP contribution in [-0.4, -0.2) is 17.9 Å². The van der Waals surface area contributed by atoms with E-state index in [1.165, 1.54) is 32.6 Å². The third-order valence-electron chi connectivity index (χ3n) is 8.66. The van der Waals surface area contributed by atoms with Crippen LogP contribution < -0.4 is 0 Å². The van der Waals surface area contributed by atoms with E-state index in [1.54, 1.807) is 0 Å². The summed E-state index contributed by atoms with van der Waals surface area (Å²) in [6.45, 7) is 6.30. The molecule has 3 heteroatoms. The second-order valence-corrected chi connectivity index (χ2v) is 9.58. The second-order valence-electron chi connectivity index (χ2n) is 9.58. The first-order chi connectivity index (χ1) is 11.3. The number of ether oxygens (including phenoxy) is 1. The van der Waals surface area contributed by atoms with Gasteiger partial charge in [-0.15, -0.1) is 0 Å². The highest BCUT2D eigenvalue weighted by atomic mass is 16.5. The van der Waals surface area contributed by atoms with Gasteiger partial charge >= 0.3 is 5.97 Å². The Hall–Kier alpha value is -0.860. The van der Waals surface area contributed by atoms with E-state index in [2.05, 4.69) is 13.8 Å². The van der Waals surface area contributed by atoms with E-state index in [9.17, 15) is 9.59 Å². The Bertz CT molecular complexity index is 555. The van der Waals surface area contributed by atoms with Crippen LogP contribution in [-0.2, 0) is 14.3 Å². The van der Waals surface area contributed by atoms with Crippen molar-refractivity contribution in [1.82, 2.24) is 0 Å². The molecule has 4 rings (SSSR count). The van der Waals surface area contributed by atoms with Gasteiger partial charge < -0.3 is 4.74 Å². The van der Waals surface area contributed by atoms with Gasteiger partial charge in [-0.25, -0.2) is 0 Å². The number of esters is 1. The van der Waals surface area contributed by atoms with Crippen LogP contribution in [0, 0.1) is 34.5 Å². The lowest BCUT2D eigenvalue weighted by atomic mass is 9.45. The summed E-state index contributed by atoms with van der Waals surface area (Å²) in [7, 11) is 0. The van der Waals surface area contributed by atoms with E-state index < -0.39 is 0 Å². The van der Waals surface area contributed by atoms with Gasteiger partial charge in [0, 0.05) is 18.8 Å². The molecule has 0 saturated heterocycles. The number of carbonyl (C=O) groups excluding carboxylic acids is 2. The molecule has 3 nitrogen and oxygen atoms in total. The van der Waals surface area contributed by atoms with Gasteiger partial charge in [0.25, 0.3) is 0 Å². The van der Waals surface area contributed by atoms with Gasteiger partial charge in [0.1, 0.15) is 11.9 Å². The fraction of sp³-hybridized carbons (Fsp3) is 0.905. The SMILES string of the molecule is CC(=O)O[C@H]1CC[C@@]2(C)[C@@H](CC[C@H]3[C@H]2CC[C@]2(C)C(=O)CC[C@H]32)C1. The van der Waals surface area contributed by atoms with E-state index >= 15 is 0 Å². The zero-order valence-electron chi connectivity index (χ0n) is 15.5. The molecule has 0 aromatic heterocycles. The third kappa shape index (κ3) is 2.29. The molecule has 134 valence electrons. The quantitative estimate of drug-likeness (QED) is 0.663. The molecule has 0 N–H and O–H groups in total. The molecular formula is C21H32O3. The summed E-state index contributed by atoms with van der Waals surface area (Å²) in [5.41, 5.74) is 0.381. The summed E-state index contributed by atoms with van der Waals surface area (Å²) in [5, 5.41) is 0. The number of fused-ring (bicyclic) bond motifs is 5. The molecule has 0 aromatic rings. The van der Waals surface area contributed by atoms with Crippen LogP contribution in [0.25, 0.3) is 0 Å². The molecule has 4 aliphatic rings. The van der Waals surface area contributed by atoms with Gasteiger partial charge in [-0.3, -0.25) is 9.59 Å². The standard InChI is InChI=1S/C21H32O3/c1-13(22)24-15-8-10-20(2)14(12-15)4-5-16-17-6-7-19(23)21(17,3)11-9-18(16)20/h14-18H,4-12H2,1-3H3/t14-,15-,16+,17+,18+,20-,21-/m0/s1. The number of carbonyl (C=O) groups is 2. The highest BCUT2D eigenvalue weighted by Gasteiger charge is 2.60. The van der Waals surface area contributed by atoms with Crippen LogP contribution in [0.4, 0.5) is 0 Å². The molecular weight excluding hydrogens is 300 g/mol. The first kappa shape index (κ1) is 16.6. The minimum absolute atomic E-state index is 0.0146. The highest BCUT2D eigenvalue weighted by Crippen LogP contribution is 2.65. The highest BCUT2D eigenvalue weighted by molar-refractivity contribution is 5.87. The Morgan fingerprint density at radius 2 is 1.83 bits per heavy atom. The van der Waals surface area contributed by atoms with Crippen molar-refractivity contribution in [3.8, 4) is 0 Å². The molecule has 0 radical (unpaired) electrons. The molecule has 4 saturated carbocycles. The molecule has 0 aliphatic heterocycles. The number of hydrogen-bond donors (Lipinski definition) is 0. The van der Waals surface area contributed by atoms with Crippen molar-refractivity contribution in [3.63, 3.8) is 0 Å². The number of ketones is 1. The molecule has 7 atom stereocenters. The number of Topliss-reactive ketones (excluding diaryl/α,β-unsaturated/α-hetero) is 1. The maximum Gasteiger partial charge on any atom is 0.302 e. The van der Waals surface area contributed by atoms with Crippen LogP contribution in [0.15, 0.2) is 0 Å². The van der Waals surface area contributed by atoms with Gasteiger partial charge in [0.05, 0.1) is 0 Å². The van der Waals surface area contributed by atoms with Crippen molar-refractivity contribution >= 4 is 11.8 Å². The Kier molecular flexibility index (Phi) is 3.85. The number of hydrogen-bond acceptors (Lipinski definition) is 3. The Balaban J connectivity index is 1.54. The van der Waals surface area contributed by atoms with Crippen LogP contribution in [0.1, 0.15) is 78.6 Å². The van der Waals surface area contributed by atoms with Crippen molar-refractivity contribution < 1.29 is 14.3 Å². The van der Waals surface area contributed by atoms with E-state index in [4.69, 9.17) is 4.74 Å². The Labute approximate surface area is 145 Å². The Morgan fingerprint density at radius 3 is 2.58 bits per heavy atom. The van der Waals surface area contributed by atoms with Gasteiger partial charge in [0.2, 0.25) is 0 Å². The van der Waals surface area contributed by atoms with Gasteiger partial charge in [-0.05, 0) is 80.5 Å². The van der Waals surface area contributed by atoms with Gasteiger partial charge in [-0.2, -0.15) is 0 Å². The lowest BCUT2D eigenvalue weighted by molar-refractivity contribution is -0.160. The van der Waals surface area contributed by atoms with E-state index in [0.29, 0.717) is 23.0 Å². The molecule has 4 fully saturated rings. The third-order valence-corrected chi connectivity index (χ3v) is 8.66. The summed E-state index contributed by atoms with van der Waals surface area (Å²) in [4.78, 5) is 23.8. The molecule has 0 aromatic carbocycles. The Morgan fingerprint density at radius 1 is 1.04 bits per heavy atom. The van der Waals surface area contributed by atoms with E-state index in [-0.39, 0.29) is 17.5 Å². The van der Waals surface area contributed by atoms with Gasteiger partial charge in [0.15, 0.2) is 0 Å². The monoisotopic (exact) mass is 332 g/mol. The molecule has 0 spiro atoms. The van der Waals surface area contributed by atoms with Crippen LogP contribution in [0.3, 0.4) is 0 Å². The van der Waals surface area contributed by atoms with Crippen molar-refractivity contribution in [2.24, 2.45) is 34.5 Å². The minimum atomic E-state index is -0.129. The summed E-state index contributed by atoms with van der Waals surface area (Å²) >= 11 is 0. The topological polar surface area (TPSA) is 43.4 Å². The smallest absolute Gasteiger partial charge is 0.302 e. The first-order valence-electron chi connectivity index (χ1n) is 10.0. The van der Waals surface area contributed by atoms with Crippen molar-refractivity contribution in [3.05, 3.63) is 0 Å². The average Bonchev–Trinajstić information content (AvgIpc) is 2.83. The zero-order valence-corrected chi connectivity index (χ0v) is 15.5. The largest absolute Gasteiger partial charge is 0.463 e. The van der Waals surface area contributed by atoms with Gasteiger partial charge in [-0.1, -0.05) is 13.8 Å². The predicted molar refractivity (Wildman–Crippen MR) is 92.3 cm³/mol. The molecule has 24 heavy (non-hydrogen) atoms. The fourth-order valence-corrected chi connectivity index (χ4v) is 7.33. The van der Waals surface area contributed by atoms with Crippen molar-refractivity contribution in [2.45, 2.75) is 84.7 Å². The average molecular weight is 332 g/mol. The van der Waals surface area contributed by atoms with Crippen LogP contribution in [0.5, 0.6) is 0 Å². The van der Waals surface area contributed by atoms with Crippen LogP contribution in [0.2, 0.25) is 0 Å².